The molecule has 4 nitrogen and oxygen atoms in total. The van der Waals surface area contributed by atoms with Crippen molar-refractivity contribution in [1.82, 2.24) is 9.88 Å². The van der Waals surface area contributed by atoms with Gasteiger partial charge in [0.05, 0.1) is 29.4 Å². The Bertz CT molecular complexity index is 908. The van der Waals surface area contributed by atoms with Crippen LogP contribution < -0.4 is 0 Å². The molecule has 1 aliphatic rings. The maximum Gasteiger partial charge on any atom is 0.254 e. The first kappa shape index (κ1) is 15.8. The largest absolute Gasteiger partial charge is 0.394 e. The van der Waals surface area contributed by atoms with E-state index < -0.39 is 0 Å². The first-order valence-corrected chi connectivity index (χ1v) is 8.65. The van der Waals surface area contributed by atoms with E-state index >= 15 is 0 Å². The Balaban J connectivity index is 1.86. The van der Waals surface area contributed by atoms with Crippen molar-refractivity contribution in [1.29, 1.82) is 0 Å². The van der Waals surface area contributed by atoms with Gasteiger partial charge in [-0.05, 0) is 25.0 Å². The quantitative estimate of drug-likeness (QED) is 0.799. The third-order valence-electron chi connectivity index (χ3n) is 4.86. The van der Waals surface area contributed by atoms with E-state index in [4.69, 9.17) is 4.98 Å². The number of pyridine rings is 1. The van der Waals surface area contributed by atoms with E-state index in [-0.39, 0.29) is 18.6 Å². The number of aliphatic hydroxyl groups is 1. The number of amides is 1. The number of benzene rings is 2. The summed E-state index contributed by atoms with van der Waals surface area (Å²) in [5.74, 6) is -0.0210. The van der Waals surface area contributed by atoms with Crippen LogP contribution in [-0.2, 0) is 0 Å². The van der Waals surface area contributed by atoms with Crippen molar-refractivity contribution in [2.45, 2.75) is 18.9 Å². The van der Waals surface area contributed by atoms with Crippen molar-refractivity contribution in [2.24, 2.45) is 0 Å². The lowest BCUT2D eigenvalue weighted by Crippen LogP contribution is -2.37. The molecule has 25 heavy (non-hydrogen) atoms. The average molecular weight is 332 g/mol. The zero-order chi connectivity index (χ0) is 17.2. The number of para-hydroxylation sites is 1. The van der Waals surface area contributed by atoms with Crippen molar-refractivity contribution in [3.63, 3.8) is 0 Å². The summed E-state index contributed by atoms with van der Waals surface area (Å²) in [4.78, 5) is 19.7. The van der Waals surface area contributed by atoms with Crippen LogP contribution in [0, 0.1) is 0 Å². The van der Waals surface area contributed by atoms with Gasteiger partial charge in [0.2, 0.25) is 0 Å². The molecule has 126 valence electrons. The lowest BCUT2D eigenvalue weighted by atomic mass is 10.0. The number of nitrogens with zero attached hydrogens (tertiary/aromatic N) is 2. The lowest BCUT2D eigenvalue weighted by Gasteiger charge is -2.24. The molecule has 1 atom stereocenters. The molecule has 0 bridgehead atoms. The van der Waals surface area contributed by atoms with E-state index in [9.17, 15) is 9.90 Å². The Kier molecular flexibility index (Phi) is 4.20. The standard InChI is InChI=1S/C21H20N2O2/c24-14-16-9-6-12-23(16)21(25)18-13-20(15-7-2-1-3-8-15)22-19-11-5-4-10-17(18)19/h1-5,7-8,10-11,13,16,24H,6,9,12,14H2/t16-/m0/s1. The summed E-state index contributed by atoms with van der Waals surface area (Å²) >= 11 is 0. The second-order valence-corrected chi connectivity index (χ2v) is 6.42. The van der Waals surface area contributed by atoms with Gasteiger partial charge < -0.3 is 10.0 Å². The average Bonchev–Trinajstić information content (AvgIpc) is 3.16. The predicted molar refractivity (Wildman–Crippen MR) is 98.3 cm³/mol. The monoisotopic (exact) mass is 332 g/mol. The molecule has 1 aromatic heterocycles. The highest BCUT2D eigenvalue weighted by Crippen LogP contribution is 2.28. The van der Waals surface area contributed by atoms with Gasteiger partial charge >= 0.3 is 0 Å². The maximum absolute atomic E-state index is 13.2. The smallest absolute Gasteiger partial charge is 0.254 e. The molecule has 4 heteroatoms. The van der Waals surface area contributed by atoms with Crippen LogP contribution >= 0.6 is 0 Å². The van der Waals surface area contributed by atoms with Crippen LogP contribution in [0.25, 0.3) is 22.2 Å². The Morgan fingerprint density at radius 1 is 1.12 bits per heavy atom. The van der Waals surface area contributed by atoms with E-state index in [2.05, 4.69) is 0 Å². The number of hydrogen-bond acceptors (Lipinski definition) is 3. The minimum Gasteiger partial charge on any atom is -0.394 e. The molecule has 0 radical (unpaired) electrons. The van der Waals surface area contributed by atoms with Crippen LogP contribution in [0.15, 0.2) is 60.7 Å². The molecule has 1 N–H and O–H groups in total. The van der Waals surface area contributed by atoms with E-state index in [1.54, 1.807) is 4.90 Å². The van der Waals surface area contributed by atoms with E-state index in [0.29, 0.717) is 12.1 Å². The molecule has 2 aromatic carbocycles. The van der Waals surface area contributed by atoms with Gasteiger partial charge in [0.25, 0.3) is 5.91 Å². The van der Waals surface area contributed by atoms with Crippen molar-refractivity contribution < 1.29 is 9.90 Å². The number of likely N-dealkylation sites (tertiary alicyclic amines) is 1. The summed E-state index contributed by atoms with van der Waals surface area (Å²) in [6.45, 7) is 0.710. The first-order chi connectivity index (χ1) is 12.3. The summed E-state index contributed by atoms with van der Waals surface area (Å²) in [5.41, 5.74) is 3.25. The fraction of sp³-hybridized carbons (Fsp3) is 0.238. The minimum absolute atomic E-state index is 0.0142. The zero-order valence-electron chi connectivity index (χ0n) is 13.9. The van der Waals surface area contributed by atoms with Crippen molar-refractivity contribution >= 4 is 16.8 Å². The normalized spacial score (nSPS) is 17.2. The Morgan fingerprint density at radius 3 is 2.68 bits per heavy atom. The SMILES string of the molecule is O=C(c1cc(-c2ccccc2)nc2ccccc12)N1CCC[C@H]1CO. The first-order valence-electron chi connectivity index (χ1n) is 8.65. The zero-order valence-corrected chi connectivity index (χ0v) is 13.9. The molecule has 0 unspecified atom stereocenters. The van der Waals surface area contributed by atoms with Crippen LogP contribution in [-0.4, -0.2) is 40.1 Å². The van der Waals surface area contributed by atoms with Crippen LogP contribution in [0.4, 0.5) is 0 Å². The van der Waals surface area contributed by atoms with E-state index in [0.717, 1.165) is 35.0 Å². The third-order valence-corrected chi connectivity index (χ3v) is 4.86. The highest BCUT2D eigenvalue weighted by atomic mass is 16.3. The topological polar surface area (TPSA) is 53.4 Å². The van der Waals surface area contributed by atoms with Crippen molar-refractivity contribution in [3.05, 3.63) is 66.2 Å². The highest BCUT2D eigenvalue weighted by Gasteiger charge is 2.30. The highest BCUT2D eigenvalue weighted by molar-refractivity contribution is 6.07. The fourth-order valence-electron chi connectivity index (χ4n) is 3.56. The van der Waals surface area contributed by atoms with E-state index in [1.165, 1.54) is 0 Å². The van der Waals surface area contributed by atoms with Gasteiger partial charge in [0.1, 0.15) is 0 Å². The second kappa shape index (κ2) is 6.65. The van der Waals surface area contributed by atoms with Crippen molar-refractivity contribution in [2.75, 3.05) is 13.2 Å². The number of aromatic nitrogens is 1. The molecule has 1 fully saturated rings. The third kappa shape index (κ3) is 2.89. The fourth-order valence-corrected chi connectivity index (χ4v) is 3.56. The molecule has 0 saturated carbocycles. The Labute approximate surface area is 146 Å². The molecule has 3 aromatic rings. The van der Waals surface area contributed by atoms with Gasteiger partial charge in [-0.2, -0.15) is 0 Å². The van der Waals surface area contributed by atoms with Gasteiger partial charge in [-0.25, -0.2) is 4.98 Å². The number of carbonyl (C=O) groups is 1. The Morgan fingerprint density at radius 2 is 1.88 bits per heavy atom. The van der Waals surface area contributed by atoms with Gasteiger partial charge in [-0.15, -0.1) is 0 Å². The molecule has 0 aliphatic carbocycles. The number of fused-ring (bicyclic) bond motifs is 1. The molecule has 1 amide bonds. The van der Waals surface area contributed by atoms with Gasteiger partial charge in [0, 0.05) is 17.5 Å². The van der Waals surface area contributed by atoms with Crippen molar-refractivity contribution in [3.8, 4) is 11.3 Å². The van der Waals surface area contributed by atoms with E-state index in [1.807, 2.05) is 60.7 Å². The molecule has 4 rings (SSSR count). The predicted octanol–water partition coefficient (Wildman–Crippen LogP) is 3.50. The molecule has 1 saturated heterocycles. The maximum atomic E-state index is 13.2. The second-order valence-electron chi connectivity index (χ2n) is 6.42. The van der Waals surface area contributed by atoms with Gasteiger partial charge in [-0.3, -0.25) is 4.79 Å². The number of aliphatic hydroxyl groups excluding tert-OH is 1. The van der Waals surface area contributed by atoms with Crippen LogP contribution in [0.5, 0.6) is 0 Å². The van der Waals surface area contributed by atoms with Gasteiger partial charge in [0.15, 0.2) is 0 Å². The molecular formula is C21H20N2O2. The minimum atomic E-state index is -0.0837. The summed E-state index contributed by atoms with van der Waals surface area (Å²) in [6, 6.07) is 19.4. The molecular weight excluding hydrogens is 312 g/mol. The Hall–Kier alpha value is -2.72. The number of hydrogen-bond donors (Lipinski definition) is 1. The summed E-state index contributed by atoms with van der Waals surface area (Å²) < 4.78 is 0. The van der Waals surface area contributed by atoms with Gasteiger partial charge in [-0.1, -0.05) is 48.5 Å². The van der Waals surface area contributed by atoms with Crippen LogP contribution in [0.3, 0.4) is 0 Å². The van der Waals surface area contributed by atoms with Crippen LogP contribution in [0.2, 0.25) is 0 Å². The number of carbonyl (C=O) groups excluding carboxylic acids is 1. The molecule has 2 heterocycles. The molecule has 1 aliphatic heterocycles. The summed E-state index contributed by atoms with van der Waals surface area (Å²) in [7, 11) is 0. The van der Waals surface area contributed by atoms with Crippen LogP contribution in [0.1, 0.15) is 23.2 Å². The lowest BCUT2D eigenvalue weighted by molar-refractivity contribution is 0.0679. The number of rotatable bonds is 3. The summed E-state index contributed by atoms with van der Waals surface area (Å²) in [5, 5.41) is 10.4. The summed E-state index contributed by atoms with van der Waals surface area (Å²) in [6.07, 6.45) is 1.79. The molecule has 0 spiro atoms.